The van der Waals surface area contributed by atoms with E-state index in [1.807, 2.05) is 12.1 Å². The lowest BCUT2D eigenvalue weighted by Crippen LogP contribution is -2.35. The third kappa shape index (κ3) is 2.41. The molecule has 1 aliphatic heterocycles. The summed E-state index contributed by atoms with van der Waals surface area (Å²) >= 11 is 1.71. The maximum atomic E-state index is 6.20. The smallest absolute Gasteiger partial charge is 0.130 e. The van der Waals surface area contributed by atoms with Crippen molar-refractivity contribution < 1.29 is 4.74 Å². The molecule has 1 atom stereocenters. The second kappa shape index (κ2) is 5.15. The topological polar surface area (TPSA) is 38.5 Å². The highest BCUT2D eigenvalue weighted by atomic mass is 32.2. The van der Waals surface area contributed by atoms with Gasteiger partial charge in [0.15, 0.2) is 0 Å². The summed E-state index contributed by atoms with van der Waals surface area (Å²) in [4.78, 5) is 3.48. The highest BCUT2D eigenvalue weighted by Gasteiger charge is 2.26. The van der Waals surface area contributed by atoms with Crippen molar-refractivity contribution >= 4 is 17.4 Å². The van der Waals surface area contributed by atoms with Crippen LogP contribution in [-0.4, -0.2) is 12.6 Å². The largest absolute Gasteiger partial charge is 0.497 e. The first-order chi connectivity index (χ1) is 9.28. The summed E-state index contributed by atoms with van der Waals surface area (Å²) in [7, 11) is 1.68. The number of anilines is 1. The number of nitrogens with zero attached hydrogens (tertiary/aromatic N) is 1. The average Bonchev–Trinajstić information content (AvgIpc) is 2.76. The van der Waals surface area contributed by atoms with E-state index in [1.165, 1.54) is 16.1 Å². The van der Waals surface area contributed by atoms with Gasteiger partial charge in [0.2, 0.25) is 0 Å². The third-order valence-corrected chi connectivity index (χ3v) is 4.34. The Morgan fingerprint density at radius 2 is 1.89 bits per heavy atom. The Hall–Kier alpha value is -1.65. The lowest BCUT2D eigenvalue weighted by Gasteiger charge is -2.23. The minimum absolute atomic E-state index is 0.0144. The molecule has 0 aliphatic carbocycles. The van der Waals surface area contributed by atoms with Gasteiger partial charge in [-0.15, -0.1) is 0 Å². The van der Waals surface area contributed by atoms with Gasteiger partial charge in [0.1, 0.15) is 11.2 Å². The van der Waals surface area contributed by atoms with E-state index >= 15 is 0 Å². The van der Waals surface area contributed by atoms with Crippen LogP contribution in [-0.2, 0) is 6.54 Å². The van der Waals surface area contributed by atoms with Gasteiger partial charge in [-0.3, -0.25) is 0 Å². The van der Waals surface area contributed by atoms with Crippen LogP contribution in [0.15, 0.2) is 53.4 Å². The van der Waals surface area contributed by atoms with Crippen LogP contribution in [0.3, 0.4) is 0 Å². The molecule has 1 heterocycles. The van der Waals surface area contributed by atoms with Crippen molar-refractivity contribution in [2.24, 2.45) is 5.73 Å². The van der Waals surface area contributed by atoms with Crippen LogP contribution in [0.2, 0.25) is 0 Å². The van der Waals surface area contributed by atoms with Crippen LogP contribution in [0, 0.1) is 0 Å². The molecule has 0 amide bonds. The number of rotatable bonds is 3. The van der Waals surface area contributed by atoms with Gasteiger partial charge in [-0.1, -0.05) is 36.0 Å². The molecule has 1 unspecified atom stereocenters. The van der Waals surface area contributed by atoms with Crippen LogP contribution >= 0.6 is 11.8 Å². The van der Waals surface area contributed by atoms with Crippen LogP contribution in [0.25, 0.3) is 0 Å². The van der Waals surface area contributed by atoms with Crippen LogP contribution in [0.1, 0.15) is 5.56 Å². The van der Waals surface area contributed by atoms with E-state index in [-0.39, 0.29) is 5.50 Å². The van der Waals surface area contributed by atoms with E-state index in [1.54, 1.807) is 18.9 Å². The number of para-hydroxylation sites is 1. The summed E-state index contributed by atoms with van der Waals surface area (Å²) in [5, 5.41) is 0. The predicted octanol–water partition coefficient (Wildman–Crippen LogP) is 3.05. The molecule has 0 saturated carbocycles. The maximum Gasteiger partial charge on any atom is 0.130 e. The Bertz CT molecular complexity index is 571. The Morgan fingerprint density at radius 1 is 1.16 bits per heavy atom. The number of fused-ring (bicyclic) bond motifs is 1. The Kier molecular flexibility index (Phi) is 3.36. The summed E-state index contributed by atoms with van der Waals surface area (Å²) < 4.78 is 5.17. The maximum absolute atomic E-state index is 6.20. The zero-order valence-electron chi connectivity index (χ0n) is 10.7. The van der Waals surface area contributed by atoms with E-state index in [9.17, 15) is 0 Å². The molecule has 0 fully saturated rings. The van der Waals surface area contributed by atoms with Crippen molar-refractivity contribution in [3.63, 3.8) is 0 Å². The molecule has 0 aromatic heterocycles. The standard InChI is InChI=1S/C15H16N2OS/c1-18-12-8-6-11(7-9-12)10-17-13-4-2-3-5-14(13)19-15(17)16/h2-9,15H,10,16H2,1H3. The fourth-order valence-electron chi connectivity index (χ4n) is 2.23. The molecule has 19 heavy (non-hydrogen) atoms. The molecule has 4 heteroatoms. The number of methoxy groups -OCH3 is 1. The summed E-state index contributed by atoms with van der Waals surface area (Å²) in [6.07, 6.45) is 0. The summed E-state index contributed by atoms with van der Waals surface area (Å²) in [5.41, 5.74) is 8.63. The van der Waals surface area contributed by atoms with E-state index in [0.717, 1.165) is 12.3 Å². The molecule has 2 aromatic carbocycles. The van der Waals surface area contributed by atoms with Crippen molar-refractivity contribution in [1.82, 2.24) is 0 Å². The van der Waals surface area contributed by atoms with Gasteiger partial charge >= 0.3 is 0 Å². The molecule has 1 aliphatic rings. The van der Waals surface area contributed by atoms with Crippen molar-refractivity contribution in [2.45, 2.75) is 16.9 Å². The Labute approximate surface area is 117 Å². The zero-order valence-corrected chi connectivity index (χ0v) is 11.6. The van der Waals surface area contributed by atoms with Gasteiger partial charge in [0.05, 0.1) is 12.8 Å². The summed E-state index contributed by atoms with van der Waals surface area (Å²) in [6.45, 7) is 0.815. The quantitative estimate of drug-likeness (QED) is 0.932. The minimum Gasteiger partial charge on any atom is -0.497 e. The summed E-state index contributed by atoms with van der Waals surface area (Å²) in [5.74, 6) is 0.879. The van der Waals surface area contributed by atoms with E-state index in [4.69, 9.17) is 10.5 Å². The number of hydrogen-bond acceptors (Lipinski definition) is 4. The van der Waals surface area contributed by atoms with Gasteiger partial charge in [-0.05, 0) is 29.8 Å². The van der Waals surface area contributed by atoms with Crippen molar-refractivity contribution in [2.75, 3.05) is 12.0 Å². The number of thioether (sulfide) groups is 1. The fraction of sp³-hybridized carbons (Fsp3) is 0.200. The van der Waals surface area contributed by atoms with Crippen LogP contribution in [0.5, 0.6) is 5.75 Å². The molecule has 2 N–H and O–H groups in total. The van der Waals surface area contributed by atoms with Gasteiger partial charge in [-0.2, -0.15) is 0 Å². The monoisotopic (exact) mass is 272 g/mol. The van der Waals surface area contributed by atoms with Crippen molar-refractivity contribution in [1.29, 1.82) is 0 Å². The van der Waals surface area contributed by atoms with Gasteiger partial charge in [-0.25, -0.2) is 0 Å². The first-order valence-electron chi connectivity index (χ1n) is 6.19. The number of hydrogen-bond donors (Lipinski definition) is 1. The molecule has 0 spiro atoms. The molecule has 0 bridgehead atoms. The predicted molar refractivity (Wildman–Crippen MR) is 79.5 cm³/mol. The lowest BCUT2D eigenvalue weighted by molar-refractivity contribution is 0.414. The van der Waals surface area contributed by atoms with Gasteiger partial charge in [0, 0.05) is 11.4 Å². The third-order valence-electron chi connectivity index (χ3n) is 3.24. The fourth-order valence-corrected chi connectivity index (χ4v) is 3.27. The Balaban J connectivity index is 1.82. The van der Waals surface area contributed by atoms with Gasteiger partial charge in [0.25, 0.3) is 0 Å². The molecule has 2 aromatic rings. The van der Waals surface area contributed by atoms with Crippen LogP contribution < -0.4 is 15.4 Å². The highest BCUT2D eigenvalue weighted by Crippen LogP contribution is 2.41. The second-order valence-corrected chi connectivity index (χ2v) is 5.61. The second-order valence-electron chi connectivity index (χ2n) is 4.45. The van der Waals surface area contributed by atoms with Crippen LogP contribution in [0.4, 0.5) is 5.69 Å². The van der Waals surface area contributed by atoms with E-state index in [0.29, 0.717) is 0 Å². The SMILES string of the molecule is COc1ccc(CN2c3ccccc3SC2N)cc1. The average molecular weight is 272 g/mol. The molecule has 3 nitrogen and oxygen atoms in total. The van der Waals surface area contributed by atoms with Gasteiger partial charge < -0.3 is 15.4 Å². The molecular formula is C15H16N2OS. The van der Waals surface area contributed by atoms with Crippen molar-refractivity contribution in [3.8, 4) is 5.75 Å². The van der Waals surface area contributed by atoms with Crippen molar-refractivity contribution in [3.05, 3.63) is 54.1 Å². The molecule has 3 rings (SSSR count). The van der Waals surface area contributed by atoms with E-state index in [2.05, 4.69) is 41.3 Å². The highest BCUT2D eigenvalue weighted by molar-refractivity contribution is 8.00. The number of ether oxygens (including phenoxy) is 1. The molecule has 0 radical (unpaired) electrons. The minimum atomic E-state index is -0.0144. The Morgan fingerprint density at radius 3 is 2.63 bits per heavy atom. The normalized spacial score (nSPS) is 17.4. The van der Waals surface area contributed by atoms with E-state index < -0.39 is 0 Å². The summed E-state index contributed by atoms with van der Waals surface area (Å²) in [6, 6.07) is 16.5. The first kappa shape index (κ1) is 12.4. The molecule has 0 saturated heterocycles. The lowest BCUT2D eigenvalue weighted by atomic mass is 10.2. The first-order valence-corrected chi connectivity index (χ1v) is 7.07. The molecule has 98 valence electrons. The zero-order chi connectivity index (χ0) is 13.2. The number of benzene rings is 2. The molecular weight excluding hydrogens is 256 g/mol. The number of nitrogens with two attached hydrogens (primary N) is 1.